The molecule has 0 atom stereocenters. The minimum atomic E-state index is -0.150. The van der Waals surface area contributed by atoms with E-state index in [1.54, 1.807) is 14.5 Å². The van der Waals surface area contributed by atoms with Gasteiger partial charge in [-0.2, -0.15) is 0 Å². The Morgan fingerprint density at radius 1 is 1.00 bits per heavy atom. The Morgan fingerprint density at radius 3 is 2.31 bits per heavy atom. The quantitative estimate of drug-likeness (QED) is 0.584. The normalized spacial score (nSPS) is 14.3. The Bertz CT molecular complexity index is 1070. The van der Waals surface area contributed by atoms with Gasteiger partial charge >= 0.3 is 0 Å². The van der Waals surface area contributed by atoms with Gasteiger partial charge in [0.2, 0.25) is 0 Å². The SMILES string of the molecule is Cc1ccc(C(=O)N2CCN(C(=O)c3nnn(-c4cccc(Br)c4)c3C)CC2)s1. The van der Waals surface area contributed by atoms with Crippen LogP contribution in [0.1, 0.15) is 30.7 Å². The van der Waals surface area contributed by atoms with Crippen LogP contribution in [0.25, 0.3) is 5.69 Å². The van der Waals surface area contributed by atoms with Gasteiger partial charge in [0.15, 0.2) is 5.69 Å². The highest BCUT2D eigenvalue weighted by atomic mass is 79.9. The van der Waals surface area contributed by atoms with Crippen LogP contribution in [0.2, 0.25) is 0 Å². The summed E-state index contributed by atoms with van der Waals surface area (Å²) in [4.78, 5) is 31.0. The molecule has 0 N–H and O–H groups in total. The minimum Gasteiger partial charge on any atom is -0.334 e. The number of aromatic nitrogens is 3. The number of benzene rings is 1. The van der Waals surface area contributed by atoms with Gasteiger partial charge in [0, 0.05) is 35.5 Å². The van der Waals surface area contributed by atoms with E-state index < -0.39 is 0 Å². The average molecular weight is 474 g/mol. The molecule has 2 amide bonds. The molecule has 7 nitrogen and oxygen atoms in total. The van der Waals surface area contributed by atoms with Crippen molar-refractivity contribution in [1.29, 1.82) is 0 Å². The van der Waals surface area contributed by atoms with Crippen molar-refractivity contribution in [1.82, 2.24) is 24.8 Å². The summed E-state index contributed by atoms with van der Waals surface area (Å²) < 4.78 is 2.59. The maximum absolute atomic E-state index is 13.0. The highest BCUT2D eigenvalue weighted by Gasteiger charge is 2.29. The summed E-state index contributed by atoms with van der Waals surface area (Å²) in [5, 5.41) is 8.29. The molecule has 9 heteroatoms. The molecule has 1 aromatic carbocycles. The van der Waals surface area contributed by atoms with Crippen LogP contribution in [0, 0.1) is 13.8 Å². The van der Waals surface area contributed by atoms with Gasteiger partial charge in [-0.1, -0.05) is 27.2 Å². The zero-order chi connectivity index (χ0) is 20.5. The van der Waals surface area contributed by atoms with Gasteiger partial charge in [0.05, 0.1) is 16.3 Å². The summed E-state index contributed by atoms with van der Waals surface area (Å²) >= 11 is 4.95. The van der Waals surface area contributed by atoms with Crippen molar-refractivity contribution in [2.24, 2.45) is 0 Å². The number of thiophene rings is 1. The molecule has 0 spiro atoms. The van der Waals surface area contributed by atoms with Crippen molar-refractivity contribution in [3.05, 3.63) is 62.0 Å². The number of nitrogens with zero attached hydrogens (tertiary/aromatic N) is 5. The Balaban J connectivity index is 1.44. The maximum atomic E-state index is 13.0. The third kappa shape index (κ3) is 3.97. The van der Waals surface area contributed by atoms with Gasteiger partial charge in [-0.15, -0.1) is 16.4 Å². The number of carbonyl (C=O) groups is 2. The van der Waals surface area contributed by atoms with Gasteiger partial charge in [-0.3, -0.25) is 9.59 Å². The lowest BCUT2D eigenvalue weighted by molar-refractivity contribution is 0.0534. The fourth-order valence-electron chi connectivity index (χ4n) is 3.35. The molecule has 1 aliphatic heterocycles. The summed E-state index contributed by atoms with van der Waals surface area (Å²) in [6.07, 6.45) is 0. The van der Waals surface area contributed by atoms with Crippen LogP contribution in [0.4, 0.5) is 0 Å². The molecule has 2 aromatic heterocycles. The van der Waals surface area contributed by atoms with E-state index in [1.165, 1.54) is 11.3 Å². The number of rotatable bonds is 3. The van der Waals surface area contributed by atoms with Crippen molar-refractivity contribution >= 4 is 39.1 Å². The predicted octanol–water partition coefficient (Wildman–Crippen LogP) is 3.31. The molecule has 4 rings (SSSR count). The summed E-state index contributed by atoms with van der Waals surface area (Å²) in [5.74, 6) is -0.116. The van der Waals surface area contributed by atoms with E-state index in [1.807, 2.05) is 50.2 Å². The molecule has 1 saturated heterocycles. The first-order valence-electron chi connectivity index (χ1n) is 9.27. The largest absolute Gasteiger partial charge is 0.334 e. The van der Waals surface area contributed by atoms with Crippen LogP contribution in [-0.2, 0) is 0 Å². The zero-order valence-corrected chi connectivity index (χ0v) is 18.5. The van der Waals surface area contributed by atoms with Crippen molar-refractivity contribution < 1.29 is 9.59 Å². The molecule has 0 unspecified atom stereocenters. The van der Waals surface area contributed by atoms with Crippen molar-refractivity contribution in [3.8, 4) is 5.69 Å². The Kier molecular flexibility index (Phi) is 5.51. The fraction of sp³-hybridized carbons (Fsp3) is 0.300. The van der Waals surface area contributed by atoms with E-state index in [4.69, 9.17) is 0 Å². The van der Waals surface area contributed by atoms with Crippen LogP contribution in [0.15, 0.2) is 40.9 Å². The summed E-state index contributed by atoms with van der Waals surface area (Å²) in [6.45, 7) is 5.83. The van der Waals surface area contributed by atoms with Crippen molar-refractivity contribution in [2.75, 3.05) is 26.2 Å². The second-order valence-electron chi connectivity index (χ2n) is 6.91. The first kappa shape index (κ1) is 19.8. The summed E-state index contributed by atoms with van der Waals surface area (Å²) in [6, 6.07) is 11.5. The first-order valence-corrected chi connectivity index (χ1v) is 10.9. The highest BCUT2D eigenvalue weighted by Crippen LogP contribution is 2.20. The van der Waals surface area contributed by atoms with Crippen LogP contribution in [0.3, 0.4) is 0 Å². The molecule has 29 heavy (non-hydrogen) atoms. The molecule has 0 bridgehead atoms. The van der Waals surface area contributed by atoms with Crippen LogP contribution in [-0.4, -0.2) is 62.8 Å². The number of halogens is 1. The van der Waals surface area contributed by atoms with E-state index in [-0.39, 0.29) is 11.8 Å². The van der Waals surface area contributed by atoms with Crippen LogP contribution in [0.5, 0.6) is 0 Å². The third-order valence-electron chi connectivity index (χ3n) is 4.96. The molecular formula is C20H20BrN5O2S. The molecule has 1 aliphatic rings. The average Bonchev–Trinajstić information content (AvgIpc) is 3.33. The number of amides is 2. The monoisotopic (exact) mass is 473 g/mol. The molecule has 3 aromatic rings. The molecule has 0 radical (unpaired) electrons. The molecule has 1 fully saturated rings. The van der Waals surface area contributed by atoms with Crippen LogP contribution < -0.4 is 0 Å². The Morgan fingerprint density at radius 2 is 1.69 bits per heavy atom. The number of aryl methyl sites for hydroxylation is 1. The molecule has 150 valence electrons. The third-order valence-corrected chi connectivity index (χ3v) is 6.44. The second-order valence-corrected chi connectivity index (χ2v) is 9.11. The van der Waals surface area contributed by atoms with Crippen LogP contribution >= 0.6 is 27.3 Å². The van der Waals surface area contributed by atoms with Gasteiger partial charge in [0.1, 0.15) is 0 Å². The number of piperazine rings is 1. The fourth-order valence-corrected chi connectivity index (χ4v) is 4.57. The van der Waals surface area contributed by atoms with Crippen molar-refractivity contribution in [3.63, 3.8) is 0 Å². The van der Waals surface area contributed by atoms with E-state index in [9.17, 15) is 9.59 Å². The second kappa shape index (κ2) is 8.08. The highest BCUT2D eigenvalue weighted by molar-refractivity contribution is 9.10. The van der Waals surface area contributed by atoms with E-state index in [0.29, 0.717) is 37.6 Å². The van der Waals surface area contributed by atoms with E-state index in [0.717, 1.165) is 19.9 Å². The standard InChI is InChI=1S/C20H20BrN5O2S/c1-13-6-7-17(29-13)19(27)24-8-10-25(11-9-24)20(28)18-14(2)26(23-22-18)16-5-3-4-15(21)12-16/h3-7,12H,8-11H2,1-2H3. The van der Waals surface area contributed by atoms with Gasteiger partial charge < -0.3 is 9.80 Å². The summed E-state index contributed by atoms with van der Waals surface area (Å²) in [7, 11) is 0. The van der Waals surface area contributed by atoms with E-state index in [2.05, 4.69) is 26.2 Å². The lowest BCUT2D eigenvalue weighted by Crippen LogP contribution is -2.50. The topological polar surface area (TPSA) is 71.3 Å². The molecule has 3 heterocycles. The Hall–Kier alpha value is -2.52. The molecule has 0 aliphatic carbocycles. The lowest BCUT2D eigenvalue weighted by Gasteiger charge is -2.34. The van der Waals surface area contributed by atoms with Gasteiger partial charge in [-0.25, -0.2) is 4.68 Å². The smallest absolute Gasteiger partial charge is 0.276 e. The number of hydrogen-bond donors (Lipinski definition) is 0. The molecular weight excluding hydrogens is 454 g/mol. The predicted molar refractivity (Wildman–Crippen MR) is 115 cm³/mol. The van der Waals surface area contributed by atoms with Gasteiger partial charge in [-0.05, 0) is 44.2 Å². The lowest BCUT2D eigenvalue weighted by atomic mass is 10.2. The summed E-state index contributed by atoms with van der Waals surface area (Å²) in [5.41, 5.74) is 1.88. The maximum Gasteiger partial charge on any atom is 0.276 e. The minimum absolute atomic E-state index is 0.0342. The zero-order valence-electron chi connectivity index (χ0n) is 16.1. The number of carbonyl (C=O) groups excluding carboxylic acids is 2. The number of hydrogen-bond acceptors (Lipinski definition) is 5. The van der Waals surface area contributed by atoms with Crippen molar-refractivity contribution in [2.45, 2.75) is 13.8 Å². The Labute approximate surface area is 181 Å². The first-order chi connectivity index (χ1) is 13.9. The molecule has 0 saturated carbocycles. The van der Waals surface area contributed by atoms with Gasteiger partial charge in [0.25, 0.3) is 11.8 Å². The van der Waals surface area contributed by atoms with E-state index >= 15 is 0 Å².